The van der Waals surface area contributed by atoms with Gasteiger partial charge in [0.25, 0.3) is 5.56 Å². The molecule has 0 radical (unpaired) electrons. The number of esters is 1. The van der Waals surface area contributed by atoms with Crippen molar-refractivity contribution in [3.63, 3.8) is 0 Å². The number of aliphatic hydroxyl groups is 1. The van der Waals surface area contributed by atoms with Crippen molar-refractivity contribution >= 4 is 16.9 Å². The highest BCUT2D eigenvalue weighted by Crippen LogP contribution is 2.42. The number of benzene rings is 2. The molecule has 0 amide bonds. The SMILES string of the molecule is Cc1c(F)cc2nc3c(c(CN)c2c1-c1ccccc1)Cn1c-3cc2c(c1=O)COC(=O)[C@H]2O. The Labute approximate surface area is 193 Å². The summed E-state index contributed by atoms with van der Waals surface area (Å²) in [6.45, 7) is 1.94. The summed E-state index contributed by atoms with van der Waals surface area (Å²) in [7, 11) is 0. The van der Waals surface area contributed by atoms with E-state index < -0.39 is 12.1 Å². The summed E-state index contributed by atoms with van der Waals surface area (Å²) in [6.07, 6.45) is -1.54. The number of carbonyl (C=O) groups is 1. The highest BCUT2D eigenvalue weighted by atomic mass is 19.1. The highest BCUT2D eigenvalue weighted by Gasteiger charge is 2.35. The van der Waals surface area contributed by atoms with E-state index >= 15 is 4.39 Å². The van der Waals surface area contributed by atoms with Gasteiger partial charge in [0.2, 0.25) is 0 Å². The molecule has 4 aromatic rings. The number of pyridine rings is 2. The fourth-order valence-corrected chi connectivity index (χ4v) is 5.14. The van der Waals surface area contributed by atoms with Crippen LogP contribution in [-0.4, -0.2) is 20.6 Å². The molecule has 2 aromatic heterocycles. The van der Waals surface area contributed by atoms with Crippen LogP contribution >= 0.6 is 0 Å². The summed E-state index contributed by atoms with van der Waals surface area (Å²) in [4.78, 5) is 29.9. The molecule has 2 aliphatic heterocycles. The van der Waals surface area contributed by atoms with Gasteiger partial charge >= 0.3 is 5.97 Å². The lowest BCUT2D eigenvalue weighted by molar-refractivity contribution is -0.157. The van der Waals surface area contributed by atoms with Gasteiger partial charge in [0.1, 0.15) is 12.4 Å². The van der Waals surface area contributed by atoms with Crippen molar-refractivity contribution in [2.24, 2.45) is 5.73 Å². The van der Waals surface area contributed by atoms with Crippen LogP contribution < -0.4 is 11.3 Å². The summed E-state index contributed by atoms with van der Waals surface area (Å²) >= 11 is 0. The van der Waals surface area contributed by atoms with Crippen LogP contribution in [0.2, 0.25) is 0 Å². The fraction of sp³-hybridized carbons (Fsp3) is 0.192. The number of nitrogens with zero attached hydrogens (tertiary/aromatic N) is 2. The van der Waals surface area contributed by atoms with Gasteiger partial charge in [-0.2, -0.15) is 0 Å². The van der Waals surface area contributed by atoms with Gasteiger partial charge in [-0.3, -0.25) is 4.79 Å². The first-order valence-electron chi connectivity index (χ1n) is 10.9. The van der Waals surface area contributed by atoms with E-state index in [1.165, 1.54) is 6.07 Å². The Kier molecular flexibility index (Phi) is 4.45. The molecule has 0 spiro atoms. The van der Waals surface area contributed by atoms with E-state index in [9.17, 15) is 14.7 Å². The molecular formula is C26H20FN3O4. The van der Waals surface area contributed by atoms with E-state index in [1.54, 1.807) is 17.6 Å². The molecule has 2 aromatic carbocycles. The number of aromatic nitrogens is 2. The van der Waals surface area contributed by atoms with Gasteiger partial charge in [-0.15, -0.1) is 0 Å². The van der Waals surface area contributed by atoms with E-state index in [0.29, 0.717) is 22.5 Å². The Hall–Kier alpha value is -3.88. The number of ether oxygens (including phenoxy) is 1. The minimum absolute atomic E-state index is 0.166. The van der Waals surface area contributed by atoms with E-state index in [0.717, 1.165) is 27.6 Å². The lowest BCUT2D eigenvalue weighted by Crippen LogP contribution is -2.32. The number of nitrogens with two attached hydrogens (primary N) is 1. The van der Waals surface area contributed by atoms with Crippen LogP contribution in [0.25, 0.3) is 33.4 Å². The second-order valence-electron chi connectivity index (χ2n) is 8.61. The second kappa shape index (κ2) is 7.31. The first-order valence-corrected chi connectivity index (χ1v) is 10.9. The molecule has 4 heterocycles. The van der Waals surface area contributed by atoms with Gasteiger partial charge in [0.05, 0.1) is 29.0 Å². The van der Waals surface area contributed by atoms with Crippen LogP contribution in [0.5, 0.6) is 0 Å². The quantitative estimate of drug-likeness (QED) is 0.395. The van der Waals surface area contributed by atoms with Crippen LogP contribution in [0.4, 0.5) is 4.39 Å². The third-order valence-corrected chi connectivity index (χ3v) is 6.82. The predicted octanol–water partition coefficient (Wildman–Crippen LogP) is 3.09. The number of carbonyl (C=O) groups excluding carboxylic acids is 1. The smallest absolute Gasteiger partial charge is 0.340 e. The Morgan fingerprint density at radius 1 is 1.21 bits per heavy atom. The molecule has 2 aliphatic rings. The Balaban J connectivity index is 1.69. The van der Waals surface area contributed by atoms with E-state index in [-0.39, 0.29) is 42.2 Å². The Bertz CT molecular complexity index is 1590. The zero-order chi connectivity index (χ0) is 23.7. The summed E-state index contributed by atoms with van der Waals surface area (Å²) in [5.41, 5.74) is 11.4. The molecule has 170 valence electrons. The van der Waals surface area contributed by atoms with Crippen molar-refractivity contribution in [3.8, 4) is 22.5 Å². The lowest BCUT2D eigenvalue weighted by Gasteiger charge is -2.21. The van der Waals surface area contributed by atoms with Gasteiger partial charge in [-0.05, 0) is 35.2 Å². The number of rotatable bonds is 2. The Morgan fingerprint density at radius 3 is 2.71 bits per heavy atom. The third kappa shape index (κ3) is 2.72. The maximum Gasteiger partial charge on any atom is 0.340 e. The molecule has 34 heavy (non-hydrogen) atoms. The maximum atomic E-state index is 15.1. The van der Waals surface area contributed by atoms with Gasteiger partial charge < -0.3 is 20.1 Å². The fourth-order valence-electron chi connectivity index (χ4n) is 5.14. The van der Waals surface area contributed by atoms with Crippen molar-refractivity contribution in [1.29, 1.82) is 0 Å². The van der Waals surface area contributed by atoms with Crippen LogP contribution in [0.3, 0.4) is 0 Å². The molecule has 0 saturated carbocycles. The monoisotopic (exact) mass is 457 g/mol. The average molecular weight is 457 g/mol. The lowest BCUT2D eigenvalue weighted by atomic mass is 9.90. The molecule has 1 atom stereocenters. The molecular weight excluding hydrogens is 437 g/mol. The molecule has 8 heteroatoms. The number of cyclic esters (lactones) is 1. The third-order valence-electron chi connectivity index (χ3n) is 6.82. The molecule has 0 bridgehead atoms. The molecule has 0 saturated heterocycles. The normalized spacial score (nSPS) is 16.2. The van der Waals surface area contributed by atoms with E-state index in [1.807, 2.05) is 30.3 Å². The zero-order valence-electron chi connectivity index (χ0n) is 18.3. The van der Waals surface area contributed by atoms with E-state index in [2.05, 4.69) is 0 Å². The molecule has 6 rings (SSSR count). The highest BCUT2D eigenvalue weighted by molar-refractivity contribution is 6.01. The summed E-state index contributed by atoms with van der Waals surface area (Å²) in [6, 6.07) is 12.5. The van der Waals surface area contributed by atoms with Crippen molar-refractivity contribution in [3.05, 3.63) is 86.5 Å². The molecule has 3 N–H and O–H groups in total. The average Bonchev–Trinajstić information content (AvgIpc) is 3.20. The molecule has 0 aliphatic carbocycles. The topological polar surface area (TPSA) is 107 Å². The first-order chi connectivity index (χ1) is 16.4. The van der Waals surface area contributed by atoms with Crippen LogP contribution in [0.1, 0.15) is 33.9 Å². The van der Waals surface area contributed by atoms with E-state index in [4.69, 9.17) is 15.5 Å². The van der Waals surface area contributed by atoms with Gasteiger partial charge in [-0.1, -0.05) is 30.3 Å². The minimum Gasteiger partial charge on any atom is -0.458 e. The summed E-state index contributed by atoms with van der Waals surface area (Å²) in [5.74, 6) is -1.19. The first kappa shape index (κ1) is 20.7. The largest absolute Gasteiger partial charge is 0.458 e. The molecule has 7 nitrogen and oxygen atoms in total. The Morgan fingerprint density at radius 2 is 1.97 bits per heavy atom. The van der Waals surface area contributed by atoms with Crippen molar-refractivity contribution in [2.75, 3.05) is 0 Å². The van der Waals surface area contributed by atoms with Crippen LogP contribution in [0.15, 0.2) is 47.3 Å². The maximum absolute atomic E-state index is 15.1. The number of aliphatic hydroxyl groups excluding tert-OH is 1. The molecule has 0 unspecified atom stereocenters. The molecule has 0 fully saturated rings. The predicted molar refractivity (Wildman–Crippen MR) is 123 cm³/mol. The van der Waals surface area contributed by atoms with Gasteiger partial charge in [-0.25, -0.2) is 14.2 Å². The number of fused-ring (bicyclic) bond motifs is 5. The summed E-state index contributed by atoms with van der Waals surface area (Å²) < 4.78 is 21.6. The van der Waals surface area contributed by atoms with Crippen LogP contribution in [-0.2, 0) is 29.2 Å². The van der Waals surface area contributed by atoms with Crippen molar-refractivity contribution in [2.45, 2.75) is 32.7 Å². The van der Waals surface area contributed by atoms with Crippen molar-refractivity contribution < 1.29 is 19.0 Å². The number of hydrogen-bond donors (Lipinski definition) is 2. The van der Waals surface area contributed by atoms with Gasteiger partial charge in [0.15, 0.2) is 6.10 Å². The van der Waals surface area contributed by atoms with Crippen molar-refractivity contribution in [1.82, 2.24) is 9.55 Å². The van der Waals surface area contributed by atoms with Crippen LogP contribution in [0, 0.1) is 12.7 Å². The zero-order valence-corrected chi connectivity index (χ0v) is 18.3. The minimum atomic E-state index is -1.54. The number of halogens is 1. The van der Waals surface area contributed by atoms with Gasteiger partial charge in [0, 0.05) is 29.1 Å². The second-order valence-corrected chi connectivity index (χ2v) is 8.61. The standard InChI is InChI=1S/C26H20FN3O4/c1-12-18(27)8-19-22(21(12)13-5-3-2-4-6-13)15(9-28)16-10-30-20(23(16)29-19)7-14-17(25(30)32)11-34-26(33)24(14)31/h2-8,24,31H,9-11,28H2,1H3/t24-/m0/s1. The summed E-state index contributed by atoms with van der Waals surface area (Å²) in [5, 5.41) is 11.1. The number of hydrogen-bond acceptors (Lipinski definition) is 6.